The smallest absolute Gasteiger partial charge is 0.205 e. The molecule has 0 aliphatic carbocycles. The Hall–Kier alpha value is -0.680. The fourth-order valence-electron chi connectivity index (χ4n) is 2.68. The molecule has 0 aromatic carbocycles. The van der Waals surface area contributed by atoms with Gasteiger partial charge in [0, 0.05) is 70.9 Å². The van der Waals surface area contributed by atoms with Crippen molar-refractivity contribution in [3.05, 3.63) is 5.82 Å². The molecular weight excluding hydrogens is 463 g/mol. The molecule has 0 spiro atoms. The van der Waals surface area contributed by atoms with E-state index in [-0.39, 0.29) is 24.0 Å². The van der Waals surface area contributed by atoms with Crippen LogP contribution < -0.4 is 10.2 Å². The number of hydrogen-bond acceptors (Lipinski definition) is 6. The Bertz CT molecular complexity index is 519. The third-order valence-corrected chi connectivity index (χ3v) is 5.04. The molecule has 1 aromatic heterocycles. The summed E-state index contributed by atoms with van der Waals surface area (Å²) in [5, 5.41) is 4.49. The van der Waals surface area contributed by atoms with Crippen LogP contribution in [0.3, 0.4) is 0 Å². The summed E-state index contributed by atoms with van der Waals surface area (Å²) in [6.07, 6.45) is 4.24. The maximum atomic E-state index is 5.60. The van der Waals surface area contributed by atoms with Crippen molar-refractivity contribution < 1.29 is 4.74 Å². The van der Waals surface area contributed by atoms with Crippen molar-refractivity contribution >= 4 is 46.6 Å². The Kier molecular flexibility index (Phi) is 12.1. The highest BCUT2D eigenvalue weighted by atomic mass is 127. The Morgan fingerprint density at radius 1 is 1.19 bits per heavy atom. The van der Waals surface area contributed by atoms with E-state index in [1.165, 1.54) is 18.0 Å². The molecule has 1 saturated heterocycles. The second-order valence-corrected chi connectivity index (χ2v) is 6.84. The highest BCUT2D eigenvalue weighted by Crippen LogP contribution is 2.19. The Balaban J connectivity index is 0.00000338. The minimum Gasteiger partial charge on any atom is -0.381 e. The van der Waals surface area contributed by atoms with Crippen molar-refractivity contribution in [2.45, 2.75) is 39.5 Å². The van der Waals surface area contributed by atoms with Crippen LogP contribution in [0.15, 0.2) is 4.99 Å². The van der Waals surface area contributed by atoms with E-state index >= 15 is 0 Å². The van der Waals surface area contributed by atoms with Gasteiger partial charge in [0.05, 0.1) is 0 Å². The molecule has 2 rings (SSSR count). The first-order chi connectivity index (χ1) is 12.3. The lowest BCUT2D eigenvalue weighted by Crippen LogP contribution is -2.52. The number of rotatable bonds is 9. The predicted molar refractivity (Wildman–Crippen MR) is 120 cm³/mol. The van der Waals surface area contributed by atoms with Crippen LogP contribution in [0, 0.1) is 0 Å². The van der Waals surface area contributed by atoms with Crippen LogP contribution in [0.25, 0.3) is 0 Å². The lowest BCUT2D eigenvalue weighted by atomic mass is 10.3. The third kappa shape index (κ3) is 7.51. The molecule has 9 heteroatoms. The van der Waals surface area contributed by atoms with Gasteiger partial charge in [0.15, 0.2) is 5.96 Å². The zero-order valence-corrected chi connectivity index (χ0v) is 19.4. The van der Waals surface area contributed by atoms with Crippen molar-refractivity contribution in [1.29, 1.82) is 0 Å². The molecule has 0 bridgehead atoms. The van der Waals surface area contributed by atoms with Gasteiger partial charge in [-0.15, -0.1) is 24.0 Å². The van der Waals surface area contributed by atoms with Crippen LogP contribution in [0.1, 0.15) is 38.9 Å². The van der Waals surface area contributed by atoms with Gasteiger partial charge in [0.25, 0.3) is 0 Å². The van der Waals surface area contributed by atoms with Crippen molar-refractivity contribution in [2.75, 3.05) is 57.9 Å². The first-order valence-electron chi connectivity index (χ1n) is 9.39. The minimum atomic E-state index is 0. The standard InChI is InChI=1S/C17H32N6OS.HI/c1-4-6-13-24-14-7-8-19-16(18-3)22-9-11-23(12-10-22)17-20-15(5-2)21-25-17;/h4-14H2,1-3H3,(H,18,19);1H. The van der Waals surface area contributed by atoms with Crippen molar-refractivity contribution in [3.63, 3.8) is 0 Å². The number of hydrogen-bond donors (Lipinski definition) is 1. The van der Waals surface area contributed by atoms with Gasteiger partial charge in [0.1, 0.15) is 5.82 Å². The molecule has 0 saturated carbocycles. The average molecular weight is 496 g/mol. The molecule has 2 heterocycles. The second kappa shape index (κ2) is 13.5. The summed E-state index contributed by atoms with van der Waals surface area (Å²) >= 11 is 1.51. The molecule has 1 aliphatic rings. The predicted octanol–water partition coefficient (Wildman–Crippen LogP) is 2.62. The molecule has 0 amide bonds. The number of nitrogens with zero attached hydrogens (tertiary/aromatic N) is 5. The van der Waals surface area contributed by atoms with E-state index in [0.29, 0.717) is 0 Å². The van der Waals surface area contributed by atoms with Gasteiger partial charge in [-0.25, -0.2) is 4.98 Å². The van der Waals surface area contributed by atoms with Crippen LogP contribution in [-0.4, -0.2) is 73.2 Å². The fourth-order valence-corrected chi connectivity index (χ4v) is 3.48. The van der Waals surface area contributed by atoms with Gasteiger partial charge >= 0.3 is 0 Å². The Morgan fingerprint density at radius 3 is 2.54 bits per heavy atom. The number of unbranched alkanes of at least 4 members (excludes halogenated alkanes) is 1. The van der Waals surface area contributed by atoms with Crippen LogP contribution in [0.5, 0.6) is 0 Å². The molecule has 7 nitrogen and oxygen atoms in total. The molecule has 1 aromatic rings. The lowest BCUT2D eigenvalue weighted by Gasteiger charge is -2.36. The zero-order valence-electron chi connectivity index (χ0n) is 16.2. The summed E-state index contributed by atoms with van der Waals surface area (Å²) in [7, 11) is 1.85. The monoisotopic (exact) mass is 496 g/mol. The summed E-state index contributed by atoms with van der Waals surface area (Å²) in [6, 6.07) is 0. The van der Waals surface area contributed by atoms with Crippen molar-refractivity contribution in [2.24, 2.45) is 4.99 Å². The van der Waals surface area contributed by atoms with Gasteiger partial charge in [-0.2, -0.15) is 4.37 Å². The van der Waals surface area contributed by atoms with Gasteiger partial charge in [-0.3, -0.25) is 4.99 Å². The molecule has 1 fully saturated rings. The summed E-state index contributed by atoms with van der Waals surface area (Å²) in [6.45, 7) is 10.7. The lowest BCUT2D eigenvalue weighted by molar-refractivity contribution is 0.129. The maximum absolute atomic E-state index is 5.60. The van der Waals surface area contributed by atoms with Crippen LogP contribution in [-0.2, 0) is 11.2 Å². The van der Waals surface area contributed by atoms with E-state index in [9.17, 15) is 0 Å². The molecule has 0 unspecified atom stereocenters. The number of anilines is 1. The first-order valence-corrected chi connectivity index (χ1v) is 10.2. The number of aromatic nitrogens is 2. The normalized spacial score (nSPS) is 15.1. The highest BCUT2D eigenvalue weighted by molar-refractivity contribution is 14.0. The van der Waals surface area contributed by atoms with Crippen LogP contribution in [0.2, 0.25) is 0 Å². The first kappa shape index (κ1) is 23.4. The molecular formula is C17H33IN6OS. The van der Waals surface area contributed by atoms with Crippen LogP contribution >= 0.6 is 35.5 Å². The SMILES string of the molecule is CCCCOCCCNC(=NC)N1CCN(c2nc(CC)ns2)CC1.I. The minimum absolute atomic E-state index is 0. The van der Waals surface area contributed by atoms with E-state index in [1.54, 1.807) is 0 Å². The summed E-state index contributed by atoms with van der Waals surface area (Å²) < 4.78 is 9.98. The van der Waals surface area contributed by atoms with E-state index < -0.39 is 0 Å². The quantitative estimate of drug-likeness (QED) is 0.246. The largest absolute Gasteiger partial charge is 0.381 e. The number of aryl methyl sites for hydroxylation is 1. The van der Waals surface area contributed by atoms with Gasteiger partial charge < -0.3 is 19.9 Å². The van der Waals surface area contributed by atoms with Gasteiger partial charge in [-0.05, 0) is 12.8 Å². The molecule has 0 atom stereocenters. The number of nitrogens with one attached hydrogen (secondary N) is 1. The highest BCUT2D eigenvalue weighted by Gasteiger charge is 2.21. The Morgan fingerprint density at radius 2 is 1.92 bits per heavy atom. The summed E-state index contributed by atoms with van der Waals surface area (Å²) in [4.78, 5) is 13.6. The zero-order chi connectivity index (χ0) is 17.9. The Labute approximate surface area is 178 Å². The second-order valence-electron chi connectivity index (χ2n) is 6.11. The van der Waals surface area contributed by atoms with Gasteiger partial charge in [-0.1, -0.05) is 20.3 Å². The fraction of sp³-hybridized carbons (Fsp3) is 0.824. The number of piperazine rings is 1. The third-order valence-electron chi connectivity index (χ3n) is 4.23. The van der Waals surface area contributed by atoms with Crippen molar-refractivity contribution in [3.8, 4) is 0 Å². The van der Waals surface area contributed by atoms with E-state index in [0.717, 1.165) is 82.1 Å². The van der Waals surface area contributed by atoms with E-state index in [1.807, 2.05) is 7.05 Å². The molecule has 0 radical (unpaired) electrons. The summed E-state index contributed by atoms with van der Waals surface area (Å²) in [5.74, 6) is 1.93. The van der Waals surface area contributed by atoms with Crippen LogP contribution in [0.4, 0.5) is 5.13 Å². The summed E-state index contributed by atoms with van der Waals surface area (Å²) in [5.41, 5.74) is 0. The molecule has 1 aliphatic heterocycles. The molecule has 150 valence electrons. The van der Waals surface area contributed by atoms with E-state index in [4.69, 9.17) is 4.74 Å². The average Bonchev–Trinajstić information content (AvgIpc) is 3.14. The number of guanidine groups is 1. The number of ether oxygens (including phenoxy) is 1. The molecule has 1 N–H and O–H groups in total. The molecule has 26 heavy (non-hydrogen) atoms. The van der Waals surface area contributed by atoms with Gasteiger partial charge in [0.2, 0.25) is 5.13 Å². The van der Waals surface area contributed by atoms with Crippen molar-refractivity contribution in [1.82, 2.24) is 19.6 Å². The number of aliphatic imine (C=N–C) groups is 1. The topological polar surface area (TPSA) is 65.9 Å². The maximum Gasteiger partial charge on any atom is 0.205 e. The number of halogens is 1. The van der Waals surface area contributed by atoms with E-state index in [2.05, 4.69) is 43.3 Å².